The van der Waals surface area contributed by atoms with Crippen molar-refractivity contribution in [1.82, 2.24) is 0 Å². The monoisotopic (exact) mass is 454 g/mol. The first-order chi connectivity index (χ1) is 13.6. The number of hydrogen-bond acceptors (Lipinski definition) is 0. The van der Waals surface area contributed by atoms with E-state index in [1.807, 2.05) is 0 Å². The topological polar surface area (TPSA) is 0 Å². The summed E-state index contributed by atoms with van der Waals surface area (Å²) in [5.74, 6) is 0. The van der Waals surface area contributed by atoms with E-state index in [2.05, 4.69) is 120 Å². The third-order valence-corrected chi connectivity index (χ3v) is 17.7. The Morgan fingerprint density at radius 3 is 1.39 bits per heavy atom. The van der Waals surface area contributed by atoms with E-state index >= 15 is 0 Å². The molecule has 2 heteroatoms. The Morgan fingerprint density at radius 1 is 0.643 bits per heavy atom. The first-order valence-corrected chi connectivity index (χ1v) is 14.8. The molecule has 0 amide bonds. The van der Waals surface area contributed by atoms with E-state index in [4.69, 9.17) is 0 Å². The molecule has 3 rings (SSSR count). The molecule has 28 heavy (non-hydrogen) atoms. The van der Waals surface area contributed by atoms with Gasteiger partial charge in [-0.3, -0.25) is 0 Å². The Balaban J connectivity index is 2.24. The van der Waals surface area contributed by atoms with Gasteiger partial charge in [0.25, 0.3) is 0 Å². The average Bonchev–Trinajstić information content (AvgIpc) is 2.78. The van der Waals surface area contributed by atoms with Crippen LogP contribution in [0, 0.1) is 0 Å². The van der Waals surface area contributed by atoms with E-state index < -0.39 is 5.31 Å². The van der Waals surface area contributed by atoms with Gasteiger partial charge in [-0.15, -0.1) is 0 Å². The molecule has 0 aliphatic rings. The maximum atomic E-state index is 4.58. The van der Waals surface area contributed by atoms with Crippen molar-refractivity contribution in [1.29, 1.82) is 0 Å². The molecular weight excluding hydrogens is 423 g/mol. The van der Waals surface area contributed by atoms with Crippen LogP contribution in [0.25, 0.3) is 0 Å². The van der Waals surface area contributed by atoms with Crippen LogP contribution in [0.3, 0.4) is 0 Å². The summed E-state index contributed by atoms with van der Waals surface area (Å²) < 4.78 is 0. The molecule has 3 aromatic rings. The standard InChI is InChI=1S/C26H32BrP/c1-3-4-5-9-16-23(2)28(27,24-17-10-6-11-18-24,25-19-12-7-13-20-25)26-21-14-8-15-22-26/h6-8,10-15,17-23H,3-5,9,16H2,1-2H3. The van der Waals surface area contributed by atoms with Gasteiger partial charge in [0.05, 0.1) is 0 Å². The van der Waals surface area contributed by atoms with Crippen molar-refractivity contribution in [2.24, 2.45) is 0 Å². The summed E-state index contributed by atoms with van der Waals surface area (Å²) in [5.41, 5.74) is 0.509. The summed E-state index contributed by atoms with van der Waals surface area (Å²) in [6, 6.07) is 33.5. The van der Waals surface area contributed by atoms with Crippen LogP contribution in [-0.4, -0.2) is 5.66 Å². The third kappa shape index (κ3) is 3.72. The van der Waals surface area contributed by atoms with E-state index in [1.165, 1.54) is 48.0 Å². The van der Waals surface area contributed by atoms with Crippen LogP contribution < -0.4 is 15.9 Å². The van der Waals surface area contributed by atoms with Gasteiger partial charge in [0, 0.05) is 0 Å². The van der Waals surface area contributed by atoms with Crippen molar-refractivity contribution in [3.05, 3.63) is 91.0 Å². The molecule has 0 fully saturated rings. The zero-order valence-corrected chi connectivity index (χ0v) is 19.6. The number of hydrogen-bond donors (Lipinski definition) is 0. The van der Waals surface area contributed by atoms with Gasteiger partial charge in [-0.2, -0.15) is 0 Å². The van der Waals surface area contributed by atoms with Crippen molar-refractivity contribution in [2.45, 2.75) is 51.6 Å². The molecule has 0 nitrogen and oxygen atoms in total. The molecule has 0 aliphatic heterocycles. The van der Waals surface area contributed by atoms with Crippen LogP contribution in [0.5, 0.6) is 0 Å². The molecule has 0 aliphatic carbocycles. The van der Waals surface area contributed by atoms with Crippen LogP contribution in [0.1, 0.15) is 46.0 Å². The van der Waals surface area contributed by atoms with Crippen LogP contribution in [0.2, 0.25) is 0 Å². The molecular formula is C26H32BrP. The van der Waals surface area contributed by atoms with Crippen molar-refractivity contribution >= 4 is 36.7 Å². The zero-order valence-electron chi connectivity index (χ0n) is 17.1. The molecule has 0 saturated carbocycles. The van der Waals surface area contributed by atoms with Crippen molar-refractivity contribution < 1.29 is 0 Å². The van der Waals surface area contributed by atoms with Gasteiger partial charge in [0.1, 0.15) is 0 Å². The van der Waals surface area contributed by atoms with Gasteiger partial charge in [0.15, 0.2) is 0 Å². The fourth-order valence-corrected chi connectivity index (χ4v) is 12.6. The van der Waals surface area contributed by atoms with E-state index in [-0.39, 0.29) is 0 Å². The Bertz CT molecular complexity index is 746. The molecule has 0 aromatic heterocycles. The summed E-state index contributed by atoms with van der Waals surface area (Å²) in [4.78, 5) is 0. The van der Waals surface area contributed by atoms with E-state index in [9.17, 15) is 0 Å². The van der Waals surface area contributed by atoms with Gasteiger partial charge < -0.3 is 0 Å². The van der Waals surface area contributed by atoms with Gasteiger partial charge in [-0.25, -0.2) is 0 Å². The summed E-state index contributed by atoms with van der Waals surface area (Å²) in [6.45, 7) is 4.75. The molecule has 0 bridgehead atoms. The Morgan fingerprint density at radius 2 is 1.04 bits per heavy atom. The van der Waals surface area contributed by atoms with Crippen molar-refractivity contribution in [2.75, 3.05) is 0 Å². The summed E-state index contributed by atoms with van der Waals surface area (Å²) in [5, 5.41) is 1.48. The molecule has 0 spiro atoms. The van der Waals surface area contributed by atoms with Gasteiger partial charge in [0.2, 0.25) is 0 Å². The normalized spacial score (nSPS) is 14.2. The fraction of sp³-hybridized carbons (Fsp3) is 0.308. The van der Waals surface area contributed by atoms with Crippen molar-refractivity contribution in [3.8, 4) is 0 Å². The van der Waals surface area contributed by atoms with Crippen molar-refractivity contribution in [3.63, 3.8) is 0 Å². The van der Waals surface area contributed by atoms with Crippen LogP contribution in [0.4, 0.5) is 0 Å². The first kappa shape index (κ1) is 21.3. The quantitative estimate of drug-likeness (QED) is 0.237. The fourth-order valence-electron chi connectivity index (χ4n) is 4.48. The molecule has 0 radical (unpaired) electrons. The average molecular weight is 455 g/mol. The second kappa shape index (κ2) is 9.38. The van der Waals surface area contributed by atoms with E-state index in [0.717, 1.165) is 0 Å². The number of benzene rings is 3. The molecule has 0 N–H and O–H groups in total. The van der Waals surface area contributed by atoms with Crippen LogP contribution in [0.15, 0.2) is 91.0 Å². The van der Waals surface area contributed by atoms with E-state index in [0.29, 0.717) is 5.66 Å². The van der Waals surface area contributed by atoms with Crippen LogP contribution in [-0.2, 0) is 0 Å². The molecule has 1 unspecified atom stereocenters. The summed E-state index contributed by atoms with van der Waals surface area (Å²) in [6.07, 6.45) is 6.43. The Labute approximate surface area is 179 Å². The molecule has 0 saturated heterocycles. The zero-order chi connectivity index (χ0) is 19.9. The number of rotatable bonds is 9. The Hall–Kier alpha value is -1.43. The second-order valence-corrected chi connectivity index (χ2v) is 16.8. The molecule has 148 valence electrons. The van der Waals surface area contributed by atoms with Gasteiger partial charge in [-0.05, 0) is 0 Å². The second-order valence-electron chi connectivity index (χ2n) is 7.78. The minimum absolute atomic E-state index is 0.509. The predicted octanol–water partition coefficient (Wildman–Crippen LogP) is 7.19. The third-order valence-electron chi connectivity index (χ3n) is 6.09. The molecule has 1 atom stereocenters. The Kier molecular flexibility index (Phi) is 7.13. The van der Waals surface area contributed by atoms with E-state index in [1.54, 1.807) is 0 Å². The SMILES string of the molecule is CCCCCCC(C)P(Br)(c1ccccc1)(c1ccccc1)c1ccccc1. The predicted molar refractivity (Wildman–Crippen MR) is 132 cm³/mol. The minimum atomic E-state index is -2.79. The number of halogens is 1. The summed E-state index contributed by atoms with van der Waals surface area (Å²) >= 11 is 4.58. The maximum absolute atomic E-state index is 4.58. The molecule has 0 heterocycles. The first-order valence-electron chi connectivity index (χ1n) is 10.5. The van der Waals surface area contributed by atoms with Crippen LogP contribution >= 0.6 is 20.8 Å². The van der Waals surface area contributed by atoms with Gasteiger partial charge >= 0.3 is 179 Å². The molecule has 3 aromatic carbocycles. The summed E-state index contributed by atoms with van der Waals surface area (Å²) in [7, 11) is 0. The number of unbranched alkanes of at least 4 members (excludes halogenated alkanes) is 3. The van der Waals surface area contributed by atoms with Gasteiger partial charge in [-0.1, -0.05) is 0 Å².